The molecular formula is C13H16ClN3. The van der Waals surface area contributed by atoms with E-state index in [2.05, 4.69) is 31.1 Å². The van der Waals surface area contributed by atoms with E-state index in [1.54, 1.807) is 0 Å². The highest BCUT2D eigenvalue weighted by Gasteiger charge is 2.17. The van der Waals surface area contributed by atoms with Gasteiger partial charge in [0.25, 0.3) is 0 Å². The Kier molecular flexibility index (Phi) is 3.20. The van der Waals surface area contributed by atoms with Gasteiger partial charge in [-0.05, 0) is 11.6 Å². The number of aromatic nitrogens is 3. The van der Waals surface area contributed by atoms with Crippen molar-refractivity contribution in [3.8, 4) is 0 Å². The van der Waals surface area contributed by atoms with Crippen molar-refractivity contribution < 1.29 is 0 Å². The first-order valence-electron chi connectivity index (χ1n) is 5.61. The van der Waals surface area contributed by atoms with Gasteiger partial charge in [0.1, 0.15) is 0 Å². The molecule has 0 atom stereocenters. The Hall–Kier alpha value is -1.35. The Balaban J connectivity index is 2.21. The summed E-state index contributed by atoms with van der Waals surface area (Å²) in [5, 5.41) is 9.07. The van der Waals surface area contributed by atoms with Gasteiger partial charge in [-0.2, -0.15) is 0 Å². The van der Waals surface area contributed by atoms with Crippen LogP contribution in [-0.2, 0) is 12.0 Å². The quantitative estimate of drug-likeness (QED) is 0.818. The van der Waals surface area contributed by atoms with Crippen molar-refractivity contribution in [2.75, 3.05) is 0 Å². The topological polar surface area (TPSA) is 30.7 Å². The molecule has 4 heteroatoms. The standard InChI is InChI=1S/C13H16ClN3/c1-13(2,3)12-9-17(16-15-12)8-10-6-4-5-7-11(10)14/h4-7,9H,8H2,1-3H3. The van der Waals surface area contributed by atoms with E-state index in [4.69, 9.17) is 11.6 Å². The molecule has 0 saturated carbocycles. The average Bonchev–Trinajstić information content (AvgIpc) is 2.69. The highest BCUT2D eigenvalue weighted by molar-refractivity contribution is 6.31. The van der Waals surface area contributed by atoms with E-state index >= 15 is 0 Å². The fraction of sp³-hybridized carbons (Fsp3) is 0.385. The second-order valence-electron chi connectivity index (χ2n) is 5.14. The fourth-order valence-electron chi connectivity index (χ4n) is 1.52. The third-order valence-corrected chi connectivity index (χ3v) is 2.97. The van der Waals surface area contributed by atoms with Crippen molar-refractivity contribution in [1.82, 2.24) is 15.0 Å². The van der Waals surface area contributed by atoms with Gasteiger partial charge in [0.15, 0.2) is 0 Å². The maximum atomic E-state index is 6.11. The SMILES string of the molecule is CC(C)(C)c1cn(Cc2ccccc2Cl)nn1. The Bertz CT molecular complexity index is 511. The van der Waals surface area contributed by atoms with Gasteiger partial charge in [-0.25, -0.2) is 4.68 Å². The predicted octanol–water partition coefficient (Wildman–Crippen LogP) is 3.28. The van der Waals surface area contributed by atoms with Crippen LogP contribution in [0.15, 0.2) is 30.5 Å². The molecule has 17 heavy (non-hydrogen) atoms. The summed E-state index contributed by atoms with van der Waals surface area (Å²) < 4.78 is 1.82. The molecule has 0 amide bonds. The smallest absolute Gasteiger partial charge is 0.0880 e. The lowest BCUT2D eigenvalue weighted by atomic mass is 9.93. The van der Waals surface area contributed by atoms with Crippen LogP contribution in [0.1, 0.15) is 32.0 Å². The van der Waals surface area contributed by atoms with Gasteiger partial charge >= 0.3 is 0 Å². The van der Waals surface area contributed by atoms with Crippen molar-refractivity contribution in [1.29, 1.82) is 0 Å². The Labute approximate surface area is 106 Å². The van der Waals surface area contributed by atoms with Crippen molar-refractivity contribution in [2.45, 2.75) is 32.7 Å². The van der Waals surface area contributed by atoms with E-state index in [-0.39, 0.29) is 5.41 Å². The summed E-state index contributed by atoms with van der Waals surface area (Å²) >= 11 is 6.11. The third-order valence-electron chi connectivity index (χ3n) is 2.60. The van der Waals surface area contributed by atoms with Crippen LogP contribution in [0.4, 0.5) is 0 Å². The molecule has 0 spiro atoms. The van der Waals surface area contributed by atoms with Crippen molar-refractivity contribution in [3.05, 3.63) is 46.7 Å². The van der Waals surface area contributed by atoms with E-state index in [0.717, 1.165) is 16.3 Å². The molecule has 0 bridgehead atoms. The first-order chi connectivity index (χ1) is 7.97. The van der Waals surface area contributed by atoms with Gasteiger partial charge < -0.3 is 0 Å². The second kappa shape index (κ2) is 4.49. The zero-order valence-electron chi connectivity index (χ0n) is 10.3. The predicted molar refractivity (Wildman–Crippen MR) is 69.3 cm³/mol. The molecule has 2 aromatic rings. The molecule has 0 unspecified atom stereocenters. The summed E-state index contributed by atoms with van der Waals surface area (Å²) in [4.78, 5) is 0. The second-order valence-corrected chi connectivity index (χ2v) is 5.55. The number of benzene rings is 1. The maximum Gasteiger partial charge on any atom is 0.0880 e. The largest absolute Gasteiger partial charge is 0.248 e. The molecule has 0 aliphatic heterocycles. The molecule has 0 aliphatic carbocycles. The number of rotatable bonds is 2. The molecule has 1 heterocycles. The van der Waals surface area contributed by atoms with E-state index in [0.29, 0.717) is 6.54 Å². The fourth-order valence-corrected chi connectivity index (χ4v) is 1.72. The number of halogens is 1. The number of hydrogen-bond donors (Lipinski definition) is 0. The molecule has 2 rings (SSSR count). The van der Waals surface area contributed by atoms with Gasteiger partial charge in [-0.15, -0.1) is 5.10 Å². The van der Waals surface area contributed by atoms with Crippen LogP contribution in [0.5, 0.6) is 0 Å². The molecule has 3 nitrogen and oxygen atoms in total. The van der Waals surface area contributed by atoms with Gasteiger partial charge in [-0.1, -0.05) is 55.8 Å². The molecule has 0 saturated heterocycles. The van der Waals surface area contributed by atoms with Gasteiger partial charge in [-0.3, -0.25) is 0 Å². The monoisotopic (exact) mass is 249 g/mol. The third kappa shape index (κ3) is 2.86. The van der Waals surface area contributed by atoms with E-state index in [9.17, 15) is 0 Å². The first kappa shape index (κ1) is 12.1. The minimum absolute atomic E-state index is 0.0265. The summed E-state index contributed by atoms with van der Waals surface area (Å²) in [7, 11) is 0. The highest BCUT2D eigenvalue weighted by Crippen LogP contribution is 2.20. The summed E-state index contributed by atoms with van der Waals surface area (Å²) in [5.41, 5.74) is 2.07. The van der Waals surface area contributed by atoms with E-state index in [1.165, 1.54) is 0 Å². The number of nitrogens with zero attached hydrogens (tertiary/aromatic N) is 3. The number of hydrogen-bond acceptors (Lipinski definition) is 2. The van der Waals surface area contributed by atoms with Crippen LogP contribution in [0.3, 0.4) is 0 Å². The van der Waals surface area contributed by atoms with Crippen LogP contribution in [-0.4, -0.2) is 15.0 Å². The molecule has 0 fully saturated rings. The van der Waals surface area contributed by atoms with Crippen LogP contribution >= 0.6 is 11.6 Å². The zero-order valence-corrected chi connectivity index (χ0v) is 11.1. The first-order valence-corrected chi connectivity index (χ1v) is 5.98. The van der Waals surface area contributed by atoms with Crippen molar-refractivity contribution in [2.24, 2.45) is 0 Å². The van der Waals surface area contributed by atoms with Gasteiger partial charge in [0, 0.05) is 16.6 Å². The lowest BCUT2D eigenvalue weighted by molar-refractivity contribution is 0.566. The van der Waals surface area contributed by atoms with Crippen LogP contribution < -0.4 is 0 Å². The molecule has 90 valence electrons. The minimum atomic E-state index is 0.0265. The lowest BCUT2D eigenvalue weighted by Crippen LogP contribution is -2.11. The van der Waals surface area contributed by atoms with Crippen LogP contribution in [0.2, 0.25) is 5.02 Å². The Morgan fingerprint density at radius 1 is 1.24 bits per heavy atom. The van der Waals surface area contributed by atoms with Crippen molar-refractivity contribution >= 4 is 11.6 Å². The van der Waals surface area contributed by atoms with E-state index < -0.39 is 0 Å². The summed E-state index contributed by atoms with van der Waals surface area (Å²) in [6, 6.07) is 7.79. The highest BCUT2D eigenvalue weighted by atomic mass is 35.5. The van der Waals surface area contributed by atoms with Crippen LogP contribution in [0, 0.1) is 0 Å². The zero-order chi connectivity index (χ0) is 12.5. The van der Waals surface area contributed by atoms with Crippen LogP contribution in [0.25, 0.3) is 0 Å². The molecule has 0 aliphatic rings. The Morgan fingerprint density at radius 3 is 2.53 bits per heavy atom. The molecular weight excluding hydrogens is 234 g/mol. The molecule has 1 aromatic heterocycles. The maximum absolute atomic E-state index is 6.11. The normalized spacial score (nSPS) is 11.8. The Morgan fingerprint density at radius 2 is 1.94 bits per heavy atom. The molecule has 0 radical (unpaired) electrons. The minimum Gasteiger partial charge on any atom is -0.248 e. The van der Waals surface area contributed by atoms with Crippen molar-refractivity contribution in [3.63, 3.8) is 0 Å². The van der Waals surface area contributed by atoms with Gasteiger partial charge in [0.2, 0.25) is 0 Å². The van der Waals surface area contributed by atoms with E-state index in [1.807, 2.05) is 35.1 Å². The van der Waals surface area contributed by atoms with Gasteiger partial charge in [0.05, 0.1) is 12.2 Å². The lowest BCUT2D eigenvalue weighted by Gasteiger charge is -2.12. The summed E-state index contributed by atoms with van der Waals surface area (Å²) in [6.45, 7) is 7.02. The molecule has 1 aromatic carbocycles. The summed E-state index contributed by atoms with van der Waals surface area (Å²) in [5.74, 6) is 0. The average molecular weight is 250 g/mol. The summed E-state index contributed by atoms with van der Waals surface area (Å²) in [6.07, 6.45) is 1.98. The molecule has 0 N–H and O–H groups in total.